The highest BCUT2D eigenvalue weighted by Crippen LogP contribution is 2.29. The van der Waals surface area contributed by atoms with Crippen LogP contribution in [0.2, 0.25) is 0 Å². The molecule has 1 aliphatic heterocycles. The van der Waals surface area contributed by atoms with Crippen LogP contribution in [-0.4, -0.2) is 59.2 Å². The first-order chi connectivity index (χ1) is 16.8. The Labute approximate surface area is 200 Å². The topological polar surface area (TPSA) is 128 Å². The van der Waals surface area contributed by atoms with Gasteiger partial charge in [0.25, 0.3) is 11.4 Å². The van der Waals surface area contributed by atoms with Crippen molar-refractivity contribution in [3.63, 3.8) is 0 Å². The summed E-state index contributed by atoms with van der Waals surface area (Å²) in [5, 5.41) is 21.5. The van der Waals surface area contributed by atoms with Gasteiger partial charge in [0.1, 0.15) is 11.9 Å². The van der Waals surface area contributed by atoms with Crippen molar-refractivity contribution in [1.82, 2.24) is 4.90 Å². The van der Waals surface area contributed by atoms with Gasteiger partial charge >= 0.3 is 6.16 Å². The summed E-state index contributed by atoms with van der Waals surface area (Å²) >= 11 is 0. The van der Waals surface area contributed by atoms with E-state index >= 15 is 0 Å². The van der Waals surface area contributed by atoms with E-state index in [1.54, 1.807) is 0 Å². The molecule has 1 saturated carbocycles. The van der Waals surface area contributed by atoms with E-state index in [4.69, 9.17) is 9.47 Å². The normalized spacial score (nSPS) is 20.8. The zero-order valence-electron chi connectivity index (χ0n) is 18.9. The van der Waals surface area contributed by atoms with Crippen molar-refractivity contribution in [1.29, 1.82) is 0 Å². The highest BCUT2D eigenvalue weighted by molar-refractivity contribution is 5.64. The number of carbonyl (C=O) groups is 1. The number of carbonyl (C=O) groups excluding carboxylic acids is 1. The lowest BCUT2D eigenvalue weighted by Gasteiger charge is -2.42. The summed E-state index contributed by atoms with van der Waals surface area (Å²) in [5.41, 5.74) is 0.0159. The van der Waals surface area contributed by atoms with Crippen LogP contribution in [0.5, 0.6) is 5.75 Å². The Morgan fingerprint density at radius 3 is 2.06 bits per heavy atom. The lowest BCUT2D eigenvalue weighted by Crippen LogP contribution is -2.51. The van der Waals surface area contributed by atoms with Crippen LogP contribution in [0.1, 0.15) is 25.7 Å². The Morgan fingerprint density at radius 1 is 0.886 bits per heavy atom. The summed E-state index contributed by atoms with van der Waals surface area (Å²) in [6, 6.07) is 9.27. The Bertz CT molecular complexity index is 1080. The zero-order chi connectivity index (χ0) is 24.9. The minimum atomic E-state index is -0.832. The molecular weight excluding hydrogens is 463 g/mol. The fraction of sp³-hybridized carbons (Fsp3) is 0.435. The molecule has 0 aromatic heterocycles. The van der Waals surface area contributed by atoms with Crippen LogP contribution >= 0.6 is 0 Å². The summed E-state index contributed by atoms with van der Waals surface area (Å²) in [6.45, 7) is 2.73. The second-order valence-corrected chi connectivity index (χ2v) is 8.57. The maximum atomic E-state index is 14.3. The molecule has 186 valence electrons. The number of nitro groups is 2. The molecule has 35 heavy (non-hydrogen) atoms. The average molecular weight is 488 g/mol. The molecule has 11 nitrogen and oxygen atoms in total. The number of nitro benzene ring substituents is 2. The van der Waals surface area contributed by atoms with E-state index in [9.17, 15) is 29.4 Å². The predicted octanol–water partition coefficient (Wildman–Crippen LogP) is 4.29. The molecule has 0 spiro atoms. The van der Waals surface area contributed by atoms with Crippen LogP contribution in [-0.2, 0) is 4.74 Å². The molecule has 0 bridgehead atoms. The van der Waals surface area contributed by atoms with Crippen molar-refractivity contribution in [3.8, 4) is 5.75 Å². The van der Waals surface area contributed by atoms with Gasteiger partial charge in [-0.05, 0) is 43.9 Å². The molecule has 0 radical (unpaired) electrons. The van der Waals surface area contributed by atoms with Crippen LogP contribution in [0.3, 0.4) is 0 Å². The summed E-state index contributed by atoms with van der Waals surface area (Å²) < 4.78 is 24.9. The van der Waals surface area contributed by atoms with Crippen molar-refractivity contribution >= 4 is 23.2 Å². The van der Waals surface area contributed by atoms with Gasteiger partial charge in [-0.3, -0.25) is 25.1 Å². The van der Waals surface area contributed by atoms with Gasteiger partial charge in [-0.1, -0.05) is 0 Å². The molecule has 1 heterocycles. The highest BCUT2D eigenvalue weighted by atomic mass is 19.1. The van der Waals surface area contributed by atoms with E-state index < -0.39 is 21.8 Å². The van der Waals surface area contributed by atoms with Crippen LogP contribution in [0.15, 0.2) is 42.5 Å². The van der Waals surface area contributed by atoms with Gasteiger partial charge in [-0.25, -0.2) is 9.18 Å². The molecule has 0 N–H and O–H groups in total. The third kappa shape index (κ3) is 6.01. The number of piperazine rings is 1. The first kappa shape index (κ1) is 24.3. The van der Waals surface area contributed by atoms with Crippen LogP contribution in [0, 0.1) is 26.0 Å². The van der Waals surface area contributed by atoms with Crippen molar-refractivity contribution in [3.05, 3.63) is 68.5 Å². The summed E-state index contributed by atoms with van der Waals surface area (Å²) in [5.74, 6) is -0.414. The first-order valence-electron chi connectivity index (χ1n) is 11.4. The van der Waals surface area contributed by atoms with E-state index in [0.29, 0.717) is 37.7 Å². The lowest BCUT2D eigenvalue weighted by molar-refractivity contribution is -0.385. The molecule has 2 aliphatic rings. The Hall–Kier alpha value is -3.80. The highest BCUT2D eigenvalue weighted by Gasteiger charge is 2.31. The van der Waals surface area contributed by atoms with Gasteiger partial charge in [0.15, 0.2) is 5.82 Å². The molecule has 0 atom stereocenters. The van der Waals surface area contributed by atoms with Gasteiger partial charge in [0.2, 0.25) is 0 Å². The van der Waals surface area contributed by atoms with Crippen molar-refractivity contribution < 1.29 is 28.5 Å². The third-order valence-electron chi connectivity index (χ3n) is 6.47. The Morgan fingerprint density at radius 2 is 1.49 bits per heavy atom. The predicted molar refractivity (Wildman–Crippen MR) is 123 cm³/mol. The summed E-state index contributed by atoms with van der Waals surface area (Å²) in [4.78, 5) is 36.7. The van der Waals surface area contributed by atoms with E-state index in [1.165, 1.54) is 36.4 Å². The number of rotatable bonds is 6. The minimum absolute atomic E-state index is 0.0947. The smallest absolute Gasteiger partial charge is 0.431 e. The van der Waals surface area contributed by atoms with E-state index in [2.05, 4.69) is 4.90 Å². The van der Waals surface area contributed by atoms with Crippen molar-refractivity contribution in [2.45, 2.75) is 37.8 Å². The second kappa shape index (κ2) is 10.6. The number of hydrogen-bond acceptors (Lipinski definition) is 9. The fourth-order valence-corrected chi connectivity index (χ4v) is 4.61. The van der Waals surface area contributed by atoms with Crippen LogP contribution < -0.4 is 9.64 Å². The standard InChI is InChI=1S/C23H25FN4O7/c24-21-15-18(28(32)33)5-10-22(21)26-13-11-25(12-14-26)16-1-6-19(7-2-16)34-23(29)35-20-8-3-17(4-9-20)27(30)31/h3-5,8-10,15-16,19H,1-2,6-7,11-14H2. The van der Waals surface area contributed by atoms with E-state index in [1.807, 2.05) is 4.90 Å². The molecule has 0 unspecified atom stereocenters. The number of hydrogen-bond donors (Lipinski definition) is 0. The number of ether oxygens (including phenoxy) is 2. The summed E-state index contributed by atoms with van der Waals surface area (Å²) in [7, 11) is 0. The van der Waals surface area contributed by atoms with Crippen LogP contribution in [0.4, 0.5) is 26.2 Å². The SMILES string of the molecule is O=C(Oc1ccc([N+](=O)[O-])cc1)OC1CCC(N2CCN(c3ccc([N+](=O)[O-])cc3F)CC2)CC1. The largest absolute Gasteiger partial charge is 0.514 e. The number of anilines is 1. The number of nitrogens with zero attached hydrogens (tertiary/aromatic N) is 4. The molecule has 1 saturated heterocycles. The lowest BCUT2D eigenvalue weighted by atomic mass is 9.91. The summed E-state index contributed by atoms with van der Waals surface area (Å²) in [6.07, 6.45) is 1.99. The van der Waals surface area contributed by atoms with Gasteiger partial charge in [-0.15, -0.1) is 0 Å². The molecule has 1 aliphatic carbocycles. The van der Waals surface area contributed by atoms with Gasteiger partial charge in [0, 0.05) is 50.4 Å². The van der Waals surface area contributed by atoms with Crippen molar-refractivity contribution in [2.75, 3.05) is 31.1 Å². The molecule has 0 amide bonds. The minimum Gasteiger partial charge on any atom is -0.431 e. The third-order valence-corrected chi connectivity index (χ3v) is 6.47. The molecule has 12 heteroatoms. The van der Waals surface area contributed by atoms with Crippen LogP contribution in [0.25, 0.3) is 0 Å². The van der Waals surface area contributed by atoms with E-state index in [-0.39, 0.29) is 23.2 Å². The zero-order valence-corrected chi connectivity index (χ0v) is 18.9. The van der Waals surface area contributed by atoms with Gasteiger partial charge in [0.05, 0.1) is 21.6 Å². The van der Waals surface area contributed by atoms with Gasteiger partial charge < -0.3 is 14.4 Å². The maximum Gasteiger partial charge on any atom is 0.514 e. The quantitative estimate of drug-likeness (QED) is 0.253. The fourth-order valence-electron chi connectivity index (χ4n) is 4.61. The van der Waals surface area contributed by atoms with E-state index in [0.717, 1.165) is 32.0 Å². The monoisotopic (exact) mass is 488 g/mol. The Balaban J connectivity index is 1.20. The van der Waals surface area contributed by atoms with Gasteiger partial charge in [-0.2, -0.15) is 0 Å². The second-order valence-electron chi connectivity index (χ2n) is 8.57. The number of benzene rings is 2. The molecule has 2 fully saturated rings. The molecule has 2 aromatic carbocycles. The average Bonchev–Trinajstić information content (AvgIpc) is 2.85. The molecule has 4 rings (SSSR count). The number of non-ortho nitro benzene ring substituents is 2. The molecular formula is C23H25FN4O7. The number of halogens is 1. The van der Waals surface area contributed by atoms with Crippen molar-refractivity contribution in [2.24, 2.45) is 0 Å². The molecule has 2 aromatic rings. The Kier molecular flexibility index (Phi) is 7.39. The maximum absolute atomic E-state index is 14.3. The first-order valence-corrected chi connectivity index (χ1v) is 11.4.